The van der Waals surface area contributed by atoms with Gasteiger partial charge in [-0.1, -0.05) is 16.8 Å². The van der Waals surface area contributed by atoms with Crippen molar-refractivity contribution in [1.29, 1.82) is 0 Å². The number of benzene rings is 1. The highest BCUT2D eigenvalue weighted by atomic mass is 35.5. The van der Waals surface area contributed by atoms with Crippen LogP contribution in [0.15, 0.2) is 30.5 Å². The van der Waals surface area contributed by atoms with Gasteiger partial charge in [0, 0.05) is 29.8 Å². The van der Waals surface area contributed by atoms with Gasteiger partial charge in [-0.05, 0) is 24.3 Å². The Labute approximate surface area is 125 Å². The zero-order valence-corrected chi connectivity index (χ0v) is 11.7. The molecule has 0 saturated heterocycles. The molecule has 0 bridgehead atoms. The predicted octanol–water partition coefficient (Wildman–Crippen LogP) is 0.423. The number of carbonyl (C=O) groups is 2. The molecule has 1 aromatic heterocycles. The van der Waals surface area contributed by atoms with Gasteiger partial charge in [0.2, 0.25) is 5.91 Å². The molecular weight excluding hydrogens is 296 g/mol. The molecule has 2 aromatic rings. The lowest BCUT2D eigenvalue weighted by molar-refractivity contribution is -0.120. The Bertz CT molecular complexity index is 639. The van der Waals surface area contributed by atoms with Crippen LogP contribution in [0.2, 0.25) is 5.02 Å². The molecule has 0 atom stereocenters. The van der Waals surface area contributed by atoms with Gasteiger partial charge in [0.05, 0.1) is 5.69 Å². The number of nitrogens with one attached hydrogen (secondary N) is 1. The summed E-state index contributed by atoms with van der Waals surface area (Å²) in [6.07, 6.45) is 1.91. The Morgan fingerprint density at radius 1 is 1.29 bits per heavy atom. The van der Waals surface area contributed by atoms with Crippen molar-refractivity contribution in [2.75, 3.05) is 6.61 Å². The molecule has 0 unspecified atom stereocenters. The summed E-state index contributed by atoms with van der Waals surface area (Å²) < 4.78 is 1.30. The minimum Gasteiger partial charge on any atom is -0.396 e. The third-order valence-corrected chi connectivity index (χ3v) is 2.87. The van der Waals surface area contributed by atoms with Crippen LogP contribution >= 0.6 is 11.6 Å². The second-order valence-electron chi connectivity index (χ2n) is 4.27. The smallest absolute Gasteiger partial charge is 0.257 e. The highest BCUT2D eigenvalue weighted by molar-refractivity contribution is 6.30. The van der Waals surface area contributed by atoms with E-state index in [9.17, 15) is 9.59 Å². The number of hydrogen-bond acceptors (Lipinski definition) is 5. The van der Waals surface area contributed by atoms with E-state index in [2.05, 4.69) is 15.6 Å². The summed E-state index contributed by atoms with van der Waals surface area (Å²) in [5.74, 6) is -1.01. The number of aliphatic hydroxyl groups is 1. The number of imide groups is 1. The first-order valence-corrected chi connectivity index (χ1v) is 6.56. The molecule has 2 N–H and O–H groups in total. The van der Waals surface area contributed by atoms with Crippen molar-refractivity contribution in [2.24, 2.45) is 0 Å². The third kappa shape index (κ3) is 4.37. The minimum atomic E-state index is -0.507. The number of nitrogens with zero attached hydrogens (tertiary/aromatic N) is 3. The van der Waals surface area contributed by atoms with Crippen molar-refractivity contribution < 1.29 is 14.7 Å². The lowest BCUT2D eigenvalue weighted by Crippen LogP contribution is -2.33. The van der Waals surface area contributed by atoms with Gasteiger partial charge in [0.25, 0.3) is 5.91 Å². The molecule has 0 radical (unpaired) electrons. The zero-order valence-electron chi connectivity index (χ0n) is 11.0. The monoisotopic (exact) mass is 308 g/mol. The highest BCUT2D eigenvalue weighted by Crippen LogP contribution is 2.09. The molecular formula is C13H13ClN4O3. The Kier molecular flexibility index (Phi) is 5.02. The number of halogens is 1. The van der Waals surface area contributed by atoms with Crippen LogP contribution in [0.1, 0.15) is 16.1 Å². The Balaban J connectivity index is 1.91. The summed E-state index contributed by atoms with van der Waals surface area (Å²) in [6, 6.07) is 6.19. The van der Waals surface area contributed by atoms with Gasteiger partial charge < -0.3 is 5.11 Å². The van der Waals surface area contributed by atoms with Gasteiger partial charge in [-0.3, -0.25) is 14.9 Å². The Hall–Kier alpha value is -2.25. The lowest BCUT2D eigenvalue weighted by atomic mass is 10.2. The van der Waals surface area contributed by atoms with Crippen LogP contribution in [0, 0.1) is 0 Å². The second kappa shape index (κ2) is 6.96. The fourth-order valence-corrected chi connectivity index (χ4v) is 1.76. The average molecular weight is 309 g/mol. The van der Waals surface area contributed by atoms with Crippen molar-refractivity contribution in [1.82, 2.24) is 20.3 Å². The number of aliphatic hydroxyl groups excluding tert-OH is 1. The number of aromatic nitrogens is 3. The number of amides is 2. The van der Waals surface area contributed by atoms with Gasteiger partial charge in [-0.2, -0.15) is 0 Å². The molecule has 0 spiro atoms. The molecule has 0 aliphatic carbocycles. The number of hydrogen-bond donors (Lipinski definition) is 2. The highest BCUT2D eigenvalue weighted by Gasteiger charge is 2.11. The third-order valence-electron chi connectivity index (χ3n) is 2.62. The van der Waals surface area contributed by atoms with Crippen molar-refractivity contribution >= 4 is 23.4 Å². The molecule has 2 rings (SSSR count). The lowest BCUT2D eigenvalue weighted by Gasteiger charge is -2.04. The molecule has 0 fully saturated rings. The van der Waals surface area contributed by atoms with E-state index < -0.39 is 11.8 Å². The molecule has 8 heteroatoms. The van der Waals surface area contributed by atoms with Crippen LogP contribution in [0.3, 0.4) is 0 Å². The van der Waals surface area contributed by atoms with E-state index in [1.165, 1.54) is 16.8 Å². The van der Waals surface area contributed by atoms with Crippen LogP contribution < -0.4 is 5.32 Å². The molecule has 1 heterocycles. The zero-order chi connectivity index (χ0) is 15.2. The molecule has 2 amide bonds. The summed E-state index contributed by atoms with van der Waals surface area (Å²) in [4.78, 5) is 23.5. The fourth-order valence-electron chi connectivity index (χ4n) is 1.63. The van der Waals surface area contributed by atoms with Gasteiger partial charge in [-0.25, -0.2) is 4.68 Å². The van der Waals surface area contributed by atoms with Crippen LogP contribution in [0.25, 0.3) is 0 Å². The normalized spacial score (nSPS) is 10.4. The van der Waals surface area contributed by atoms with E-state index >= 15 is 0 Å². The fraction of sp³-hybridized carbons (Fsp3) is 0.231. The maximum atomic E-state index is 11.8. The summed E-state index contributed by atoms with van der Waals surface area (Å²) in [5.41, 5.74) is 0.918. The average Bonchev–Trinajstić information content (AvgIpc) is 2.87. The van der Waals surface area contributed by atoms with Gasteiger partial charge in [0.1, 0.15) is 6.54 Å². The van der Waals surface area contributed by atoms with Gasteiger partial charge >= 0.3 is 0 Å². The second-order valence-corrected chi connectivity index (χ2v) is 4.70. The maximum absolute atomic E-state index is 11.8. The first kappa shape index (κ1) is 15.1. The molecule has 0 aliphatic heterocycles. The van der Waals surface area contributed by atoms with E-state index in [4.69, 9.17) is 16.7 Å². The van der Waals surface area contributed by atoms with E-state index in [0.29, 0.717) is 22.7 Å². The molecule has 1 aromatic carbocycles. The quantitative estimate of drug-likeness (QED) is 0.834. The van der Waals surface area contributed by atoms with Gasteiger partial charge in [-0.15, -0.1) is 5.10 Å². The molecule has 110 valence electrons. The SMILES string of the molecule is O=C(Cn1cc(CCO)nn1)NC(=O)c1ccc(Cl)cc1. The summed E-state index contributed by atoms with van der Waals surface area (Å²) >= 11 is 5.72. The van der Waals surface area contributed by atoms with E-state index in [0.717, 1.165) is 0 Å². The molecule has 21 heavy (non-hydrogen) atoms. The van der Waals surface area contributed by atoms with Crippen molar-refractivity contribution in [3.63, 3.8) is 0 Å². The van der Waals surface area contributed by atoms with E-state index in [1.54, 1.807) is 18.3 Å². The number of rotatable bonds is 5. The standard InChI is InChI=1S/C13H13ClN4O3/c14-10-3-1-9(2-4-10)13(21)15-12(20)8-18-7-11(5-6-19)16-17-18/h1-4,7,19H,5-6,8H2,(H,15,20,21). The largest absolute Gasteiger partial charge is 0.396 e. The summed E-state index contributed by atoms with van der Waals surface area (Å²) in [6.45, 7) is -0.169. The van der Waals surface area contributed by atoms with Crippen LogP contribution in [0.4, 0.5) is 0 Å². The summed E-state index contributed by atoms with van der Waals surface area (Å²) in [5, 5.41) is 19.0. The van der Waals surface area contributed by atoms with Crippen molar-refractivity contribution in [2.45, 2.75) is 13.0 Å². The van der Waals surface area contributed by atoms with Crippen LogP contribution in [-0.4, -0.2) is 38.5 Å². The maximum Gasteiger partial charge on any atom is 0.257 e. The first-order valence-electron chi connectivity index (χ1n) is 6.18. The van der Waals surface area contributed by atoms with E-state index in [-0.39, 0.29) is 13.2 Å². The topological polar surface area (TPSA) is 97.1 Å². The molecule has 0 saturated carbocycles. The van der Waals surface area contributed by atoms with Crippen LogP contribution in [-0.2, 0) is 17.8 Å². The predicted molar refractivity (Wildman–Crippen MR) is 74.7 cm³/mol. The van der Waals surface area contributed by atoms with Crippen LogP contribution in [0.5, 0.6) is 0 Å². The van der Waals surface area contributed by atoms with E-state index in [1.807, 2.05) is 0 Å². The number of carbonyl (C=O) groups excluding carboxylic acids is 2. The van der Waals surface area contributed by atoms with Gasteiger partial charge in [0.15, 0.2) is 0 Å². The molecule has 0 aliphatic rings. The minimum absolute atomic E-state index is 0.0417. The van der Waals surface area contributed by atoms with Crippen molar-refractivity contribution in [3.05, 3.63) is 46.7 Å². The Morgan fingerprint density at radius 3 is 2.67 bits per heavy atom. The first-order chi connectivity index (χ1) is 10.1. The van der Waals surface area contributed by atoms with Crippen molar-refractivity contribution in [3.8, 4) is 0 Å². The Morgan fingerprint density at radius 2 is 2.00 bits per heavy atom. The molecule has 7 nitrogen and oxygen atoms in total. The summed E-state index contributed by atoms with van der Waals surface area (Å²) in [7, 11) is 0.